The molecule has 0 aliphatic carbocycles. The summed E-state index contributed by atoms with van der Waals surface area (Å²) in [5.41, 5.74) is 1.83. The van der Waals surface area contributed by atoms with E-state index in [1.54, 1.807) is 13.2 Å². The van der Waals surface area contributed by atoms with Gasteiger partial charge in [0.2, 0.25) is 0 Å². The van der Waals surface area contributed by atoms with Crippen molar-refractivity contribution in [3.05, 3.63) is 62.8 Å². The predicted molar refractivity (Wildman–Crippen MR) is 83.0 cm³/mol. The second-order valence-corrected chi connectivity index (χ2v) is 5.54. The van der Waals surface area contributed by atoms with Crippen LogP contribution >= 0.6 is 27.5 Å². The van der Waals surface area contributed by atoms with Crippen LogP contribution in [-0.4, -0.2) is 14.2 Å². The van der Waals surface area contributed by atoms with Crippen LogP contribution in [0.2, 0.25) is 5.02 Å². The van der Waals surface area contributed by atoms with Gasteiger partial charge in [0.05, 0.1) is 17.6 Å². The SMILES string of the molecule is CNC(c1ccc(OC)c(Br)c1)c1ccc(F)cc1Cl. The standard InChI is InChI=1S/C15H14BrClFNO/c1-19-15(11-5-4-10(18)8-13(11)17)9-3-6-14(20-2)12(16)7-9/h3-8,15,19H,1-2H3. The number of hydrogen-bond acceptors (Lipinski definition) is 2. The first-order valence-electron chi connectivity index (χ1n) is 6.02. The molecule has 0 heterocycles. The van der Waals surface area contributed by atoms with Crippen LogP contribution in [-0.2, 0) is 0 Å². The normalized spacial score (nSPS) is 12.2. The summed E-state index contributed by atoms with van der Waals surface area (Å²) in [6.07, 6.45) is 0. The maximum atomic E-state index is 13.2. The van der Waals surface area contributed by atoms with Crippen LogP contribution in [0, 0.1) is 5.82 Å². The predicted octanol–water partition coefficient (Wildman–Crippen LogP) is 4.56. The summed E-state index contributed by atoms with van der Waals surface area (Å²) < 4.78 is 19.2. The van der Waals surface area contributed by atoms with Crippen LogP contribution in [0.1, 0.15) is 17.2 Å². The third-order valence-corrected chi connectivity index (χ3v) is 4.02. The maximum Gasteiger partial charge on any atom is 0.133 e. The lowest BCUT2D eigenvalue weighted by atomic mass is 9.98. The third kappa shape index (κ3) is 3.14. The minimum absolute atomic E-state index is 0.120. The van der Waals surface area contributed by atoms with E-state index < -0.39 is 0 Å². The summed E-state index contributed by atoms with van der Waals surface area (Å²) in [6.45, 7) is 0. The molecule has 0 spiro atoms. The van der Waals surface area contributed by atoms with E-state index in [0.717, 1.165) is 21.3 Å². The molecular weight excluding hydrogens is 345 g/mol. The molecule has 0 aliphatic heterocycles. The molecule has 2 rings (SSSR count). The van der Waals surface area contributed by atoms with Crippen LogP contribution in [0.4, 0.5) is 4.39 Å². The fourth-order valence-corrected chi connectivity index (χ4v) is 2.93. The highest BCUT2D eigenvalue weighted by Crippen LogP contribution is 2.33. The van der Waals surface area contributed by atoms with Crippen molar-refractivity contribution in [2.24, 2.45) is 0 Å². The molecule has 20 heavy (non-hydrogen) atoms. The number of benzene rings is 2. The van der Waals surface area contributed by atoms with Gasteiger partial charge < -0.3 is 10.1 Å². The largest absolute Gasteiger partial charge is 0.496 e. The van der Waals surface area contributed by atoms with Gasteiger partial charge in [-0.2, -0.15) is 0 Å². The summed E-state index contributed by atoms with van der Waals surface area (Å²) in [5.74, 6) is 0.415. The summed E-state index contributed by atoms with van der Waals surface area (Å²) in [6, 6.07) is 10.1. The van der Waals surface area contributed by atoms with Gasteiger partial charge in [-0.1, -0.05) is 23.7 Å². The first-order chi connectivity index (χ1) is 9.56. The van der Waals surface area contributed by atoms with Crippen molar-refractivity contribution < 1.29 is 9.13 Å². The van der Waals surface area contributed by atoms with E-state index in [2.05, 4.69) is 21.2 Å². The topological polar surface area (TPSA) is 21.3 Å². The number of nitrogens with one attached hydrogen (secondary N) is 1. The first kappa shape index (κ1) is 15.3. The Kier molecular flexibility index (Phi) is 5.02. The summed E-state index contributed by atoms with van der Waals surface area (Å²) in [4.78, 5) is 0. The van der Waals surface area contributed by atoms with Gasteiger partial charge >= 0.3 is 0 Å². The monoisotopic (exact) mass is 357 g/mol. The highest BCUT2D eigenvalue weighted by atomic mass is 79.9. The van der Waals surface area contributed by atoms with Crippen LogP contribution in [0.5, 0.6) is 5.75 Å². The Hall–Kier alpha value is -1.10. The van der Waals surface area contributed by atoms with Gasteiger partial charge in [0, 0.05) is 5.02 Å². The van der Waals surface area contributed by atoms with Gasteiger partial charge in [-0.05, 0) is 58.4 Å². The summed E-state index contributed by atoms with van der Waals surface area (Å²) in [5, 5.41) is 3.59. The molecule has 0 saturated heterocycles. The smallest absolute Gasteiger partial charge is 0.133 e. The molecule has 1 N–H and O–H groups in total. The quantitative estimate of drug-likeness (QED) is 0.865. The summed E-state index contributed by atoms with van der Waals surface area (Å²) >= 11 is 9.60. The maximum absolute atomic E-state index is 13.2. The van der Waals surface area contributed by atoms with E-state index in [1.165, 1.54) is 12.1 Å². The third-order valence-electron chi connectivity index (χ3n) is 3.07. The fraction of sp³-hybridized carbons (Fsp3) is 0.200. The van der Waals surface area contributed by atoms with Gasteiger partial charge in [0.1, 0.15) is 11.6 Å². The average Bonchev–Trinajstić information content (AvgIpc) is 2.42. The lowest BCUT2D eigenvalue weighted by molar-refractivity contribution is 0.412. The van der Waals surface area contributed by atoms with E-state index in [1.807, 2.05) is 25.2 Å². The van der Waals surface area contributed by atoms with Gasteiger partial charge in [-0.15, -0.1) is 0 Å². The Balaban J connectivity index is 2.44. The van der Waals surface area contributed by atoms with Crippen molar-refractivity contribution in [1.29, 1.82) is 0 Å². The van der Waals surface area contributed by atoms with Crippen LogP contribution in [0.3, 0.4) is 0 Å². The fourth-order valence-electron chi connectivity index (χ4n) is 2.10. The van der Waals surface area contributed by atoms with Gasteiger partial charge in [-0.25, -0.2) is 4.39 Å². The molecule has 2 aromatic carbocycles. The van der Waals surface area contributed by atoms with Gasteiger partial charge in [-0.3, -0.25) is 0 Å². The molecular formula is C15H14BrClFNO. The van der Waals surface area contributed by atoms with Crippen molar-refractivity contribution >= 4 is 27.5 Å². The minimum Gasteiger partial charge on any atom is -0.496 e. The van der Waals surface area contributed by atoms with Crippen molar-refractivity contribution in [3.8, 4) is 5.75 Å². The van der Waals surface area contributed by atoms with Crippen molar-refractivity contribution in [1.82, 2.24) is 5.32 Å². The second-order valence-electron chi connectivity index (χ2n) is 4.28. The molecule has 1 atom stereocenters. The number of hydrogen-bond donors (Lipinski definition) is 1. The zero-order chi connectivity index (χ0) is 14.7. The molecule has 0 fully saturated rings. The van der Waals surface area contributed by atoms with Crippen molar-refractivity contribution in [2.45, 2.75) is 6.04 Å². The van der Waals surface area contributed by atoms with Crippen LogP contribution < -0.4 is 10.1 Å². The Morgan fingerprint density at radius 2 is 2.00 bits per heavy atom. The van der Waals surface area contributed by atoms with Crippen molar-refractivity contribution in [3.63, 3.8) is 0 Å². The highest BCUT2D eigenvalue weighted by Gasteiger charge is 2.17. The average molecular weight is 359 g/mol. The van der Waals surface area contributed by atoms with E-state index in [9.17, 15) is 4.39 Å². The molecule has 0 aliphatic rings. The van der Waals surface area contributed by atoms with Crippen LogP contribution in [0.15, 0.2) is 40.9 Å². The van der Waals surface area contributed by atoms with E-state index >= 15 is 0 Å². The number of ether oxygens (including phenoxy) is 1. The molecule has 2 aromatic rings. The number of halogens is 3. The first-order valence-corrected chi connectivity index (χ1v) is 7.19. The molecule has 0 aromatic heterocycles. The Bertz CT molecular complexity index is 621. The molecule has 0 radical (unpaired) electrons. The second kappa shape index (κ2) is 6.57. The lowest BCUT2D eigenvalue weighted by Gasteiger charge is -2.19. The van der Waals surface area contributed by atoms with Gasteiger partial charge in [0.25, 0.3) is 0 Å². The number of rotatable bonds is 4. The number of methoxy groups -OCH3 is 1. The molecule has 0 bridgehead atoms. The van der Waals surface area contributed by atoms with E-state index in [0.29, 0.717) is 5.02 Å². The summed E-state index contributed by atoms with van der Waals surface area (Å²) in [7, 11) is 3.45. The van der Waals surface area contributed by atoms with Crippen molar-refractivity contribution in [2.75, 3.05) is 14.2 Å². The van der Waals surface area contributed by atoms with E-state index in [-0.39, 0.29) is 11.9 Å². The zero-order valence-corrected chi connectivity index (χ0v) is 13.4. The lowest BCUT2D eigenvalue weighted by Crippen LogP contribution is -2.18. The minimum atomic E-state index is -0.343. The Morgan fingerprint density at radius 3 is 2.55 bits per heavy atom. The van der Waals surface area contributed by atoms with E-state index in [4.69, 9.17) is 16.3 Å². The molecule has 0 saturated carbocycles. The Labute approximate surface area is 131 Å². The van der Waals surface area contributed by atoms with Gasteiger partial charge in [0.15, 0.2) is 0 Å². The Morgan fingerprint density at radius 1 is 1.25 bits per heavy atom. The highest BCUT2D eigenvalue weighted by molar-refractivity contribution is 9.10. The molecule has 1 unspecified atom stereocenters. The zero-order valence-electron chi connectivity index (χ0n) is 11.1. The van der Waals surface area contributed by atoms with Crippen LogP contribution in [0.25, 0.3) is 0 Å². The molecule has 106 valence electrons. The molecule has 5 heteroatoms. The molecule has 2 nitrogen and oxygen atoms in total. The molecule has 0 amide bonds.